The van der Waals surface area contributed by atoms with E-state index in [2.05, 4.69) is 10.4 Å². The quantitative estimate of drug-likeness (QED) is 0.805. The molecule has 1 aromatic heterocycles. The Balaban J connectivity index is 2.24. The summed E-state index contributed by atoms with van der Waals surface area (Å²) in [5, 5.41) is 7.65. The number of esters is 1. The molecule has 1 aromatic rings. The van der Waals surface area contributed by atoms with Gasteiger partial charge in [-0.05, 0) is 33.2 Å². The topological polar surface area (TPSA) is 56.1 Å². The van der Waals surface area contributed by atoms with Crippen molar-refractivity contribution in [1.29, 1.82) is 0 Å². The van der Waals surface area contributed by atoms with Gasteiger partial charge in [0, 0.05) is 12.1 Å². The number of carbonyl (C=O) groups is 1. The number of nitrogens with zero attached hydrogens (tertiary/aromatic N) is 2. The summed E-state index contributed by atoms with van der Waals surface area (Å²) in [6, 6.07) is 0.261. The van der Waals surface area contributed by atoms with Gasteiger partial charge < -0.3 is 10.1 Å². The summed E-state index contributed by atoms with van der Waals surface area (Å²) < 4.78 is 6.90. The van der Waals surface area contributed by atoms with E-state index in [1.807, 2.05) is 18.5 Å². The number of aryl methyl sites for hydroxylation is 1. The number of piperidine rings is 1. The van der Waals surface area contributed by atoms with Gasteiger partial charge in [-0.3, -0.25) is 4.68 Å². The number of nitrogens with one attached hydrogen (secondary N) is 1. The van der Waals surface area contributed by atoms with Crippen LogP contribution in [-0.2, 0) is 4.74 Å². The van der Waals surface area contributed by atoms with Crippen molar-refractivity contribution in [1.82, 2.24) is 15.1 Å². The summed E-state index contributed by atoms with van der Waals surface area (Å²) in [6.07, 6.45) is 3.91. The normalized spacial score (nSPS) is 20.2. The molecule has 0 spiro atoms. The Morgan fingerprint density at radius 2 is 2.53 bits per heavy atom. The van der Waals surface area contributed by atoms with E-state index >= 15 is 0 Å². The zero-order chi connectivity index (χ0) is 12.3. The van der Waals surface area contributed by atoms with Gasteiger partial charge in [-0.2, -0.15) is 5.10 Å². The van der Waals surface area contributed by atoms with Crippen LogP contribution in [0.1, 0.15) is 41.9 Å². The molecular formula is C12H19N3O2. The first-order valence-corrected chi connectivity index (χ1v) is 6.16. The Morgan fingerprint density at radius 1 is 1.71 bits per heavy atom. The van der Waals surface area contributed by atoms with E-state index in [-0.39, 0.29) is 12.0 Å². The molecule has 0 aromatic carbocycles. The Bertz CT molecular complexity index is 394. The monoisotopic (exact) mass is 237 g/mol. The Kier molecular flexibility index (Phi) is 3.78. The minimum Gasteiger partial charge on any atom is -0.461 e. The van der Waals surface area contributed by atoms with Gasteiger partial charge in [-0.25, -0.2) is 4.79 Å². The average Bonchev–Trinajstić information content (AvgIpc) is 2.73. The van der Waals surface area contributed by atoms with E-state index in [1.54, 1.807) is 6.20 Å². The fourth-order valence-corrected chi connectivity index (χ4v) is 2.22. The van der Waals surface area contributed by atoms with Crippen molar-refractivity contribution in [2.75, 3.05) is 19.7 Å². The van der Waals surface area contributed by atoms with Gasteiger partial charge >= 0.3 is 5.97 Å². The predicted molar refractivity (Wildman–Crippen MR) is 64.1 cm³/mol. The van der Waals surface area contributed by atoms with Crippen LogP contribution in [-0.4, -0.2) is 35.4 Å². The molecule has 5 heteroatoms. The predicted octanol–water partition coefficient (Wildman–Crippen LogP) is 1.29. The second-order valence-electron chi connectivity index (χ2n) is 4.34. The van der Waals surface area contributed by atoms with E-state index < -0.39 is 0 Å². The van der Waals surface area contributed by atoms with Crippen LogP contribution >= 0.6 is 0 Å². The van der Waals surface area contributed by atoms with E-state index in [1.165, 1.54) is 0 Å². The number of hydrogen-bond donors (Lipinski definition) is 1. The highest BCUT2D eigenvalue weighted by Crippen LogP contribution is 2.20. The van der Waals surface area contributed by atoms with Crippen molar-refractivity contribution in [3.8, 4) is 0 Å². The van der Waals surface area contributed by atoms with Crippen molar-refractivity contribution in [2.24, 2.45) is 0 Å². The third-order valence-electron chi connectivity index (χ3n) is 3.06. The summed E-state index contributed by atoms with van der Waals surface area (Å²) >= 11 is 0. The lowest BCUT2D eigenvalue weighted by molar-refractivity contribution is 0.0506. The fourth-order valence-electron chi connectivity index (χ4n) is 2.22. The van der Waals surface area contributed by atoms with Crippen molar-refractivity contribution < 1.29 is 9.53 Å². The maximum absolute atomic E-state index is 11.9. The van der Waals surface area contributed by atoms with E-state index in [0.29, 0.717) is 12.3 Å². The number of rotatable bonds is 3. The lowest BCUT2D eigenvalue weighted by atomic mass is 10.1. The molecule has 5 nitrogen and oxygen atoms in total. The molecule has 0 bridgehead atoms. The van der Waals surface area contributed by atoms with Crippen LogP contribution in [0, 0.1) is 6.92 Å². The molecule has 2 rings (SSSR count). The Morgan fingerprint density at radius 3 is 3.18 bits per heavy atom. The maximum atomic E-state index is 11.9. The maximum Gasteiger partial charge on any atom is 0.356 e. The molecule has 1 N–H and O–H groups in total. The molecule has 1 atom stereocenters. The molecule has 17 heavy (non-hydrogen) atoms. The minimum atomic E-state index is -0.270. The molecule has 0 saturated carbocycles. The van der Waals surface area contributed by atoms with Gasteiger partial charge in [0.25, 0.3) is 0 Å². The third kappa shape index (κ3) is 2.49. The summed E-state index contributed by atoms with van der Waals surface area (Å²) in [7, 11) is 0. The Labute approximate surface area is 101 Å². The van der Waals surface area contributed by atoms with Gasteiger partial charge in [-0.15, -0.1) is 0 Å². The van der Waals surface area contributed by atoms with E-state index in [0.717, 1.165) is 31.5 Å². The standard InChI is InChI=1S/C12H19N3O2/c1-3-17-12(16)11-9(2)7-14-15(11)10-5-4-6-13-8-10/h7,10,13H,3-6,8H2,1-2H3. The van der Waals surface area contributed by atoms with Crippen LogP contribution in [0.5, 0.6) is 0 Å². The van der Waals surface area contributed by atoms with Crippen LogP contribution < -0.4 is 5.32 Å². The van der Waals surface area contributed by atoms with Crippen LogP contribution in [0.25, 0.3) is 0 Å². The van der Waals surface area contributed by atoms with Crippen molar-refractivity contribution in [3.05, 3.63) is 17.5 Å². The lowest BCUT2D eigenvalue weighted by Crippen LogP contribution is -2.33. The zero-order valence-corrected chi connectivity index (χ0v) is 10.4. The first-order valence-electron chi connectivity index (χ1n) is 6.16. The molecule has 94 valence electrons. The lowest BCUT2D eigenvalue weighted by Gasteiger charge is -2.24. The highest BCUT2D eigenvalue weighted by Gasteiger charge is 2.24. The van der Waals surface area contributed by atoms with Crippen molar-refractivity contribution >= 4 is 5.97 Å². The molecule has 1 fully saturated rings. The van der Waals surface area contributed by atoms with Crippen molar-refractivity contribution in [3.63, 3.8) is 0 Å². The zero-order valence-electron chi connectivity index (χ0n) is 10.4. The highest BCUT2D eigenvalue weighted by molar-refractivity contribution is 5.89. The molecule has 0 aliphatic carbocycles. The summed E-state index contributed by atoms with van der Waals surface area (Å²) in [6.45, 7) is 6.02. The average molecular weight is 237 g/mol. The van der Waals surface area contributed by atoms with E-state index in [4.69, 9.17) is 4.74 Å². The van der Waals surface area contributed by atoms with Gasteiger partial charge in [0.15, 0.2) is 0 Å². The molecule has 1 saturated heterocycles. The first-order chi connectivity index (χ1) is 8.24. The number of ether oxygens (including phenoxy) is 1. The molecule has 1 aliphatic rings. The van der Waals surface area contributed by atoms with Gasteiger partial charge in [0.2, 0.25) is 0 Å². The molecule has 0 amide bonds. The summed E-state index contributed by atoms with van der Waals surface area (Å²) in [5.41, 5.74) is 1.48. The van der Waals surface area contributed by atoms with Gasteiger partial charge in [-0.1, -0.05) is 0 Å². The molecule has 1 unspecified atom stereocenters. The number of aromatic nitrogens is 2. The van der Waals surface area contributed by atoms with Gasteiger partial charge in [0.05, 0.1) is 18.8 Å². The van der Waals surface area contributed by atoms with Crippen LogP contribution in [0.2, 0.25) is 0 Å². The van der Waals surface area contributed by atoms with Gasteiger partial charge in [0.1, 0.15) is 5.69 Å². The number of hydrogen-bond acceptors (Lipinski definition) is 4. The summed E-state index contributed by atoms with van der Waals surface area (Å²) in [4.78, 5) is 11.9. The van der Waals surface area contributed by atoms with E-state index in [9.17, 15) is 4.79 Å². The molecule has 2 heterocycles. The fraction of sp³-hybridized carbons (Fsp3) is 0.667. The van der Waals surface area contributed by atoms with Crippen LogP contribution in [0.15, 0.2) is 6.20 Å². The molecule has 0 radical (unpaired) electrons. The molecular weight excluding hydrogens is 218 g/mol. The molecule has 1 aliphatic heterocycles. The summed E-state index contributed by atoms with van der Waals surface area (Å²) in [5.74, 6) is -0.270. The second kappa shape index (κ2) is 5.31. The largest absolute Gasteiger partial charge is 0.461 e. The smallest absolute Gasteiger partial charge is 0.356 e. The second-order valence-corrected chi connectivity index (χ2v) is 4.34. The van der Waals surface area contributed by atoms with Crippen LogP contribution in [0.4, 0.5) is 0 Å². The Hall–Kier alpha value is -1.36. The van der Waals surface area contributed by atoms with Crippen molar-refractivity contribution in [2.45, 2.75) is 32.7 Å². The minimum absolute atomic E-state index is 0.261. The first kappa shape index (κ1) is 12.1. The third-order valence-corrected chi connectivity index (χ3v) is 3.06. The SMILES string of the molecule is CCOC(=O)c1c(C)cnn1C1CCCNC1. The van der Waals surface area contributed by atoms with Crippen LogP contribution in [0.3, 0.4) is 0 Å². The number of carbonyl (C=O) groups excluding carboxylic acids is 1. The highest BCUT2D eigenvalue weighted by atomic mass is 16.5.